The van der Waals surface area contributed by atoms with E-state index in [1.165, 1.54) is 32.1 Å². The monoisotopic (exact) mass is 375 g/mol. The minimum Gasteiger partial charge on any atom is -0.444 e. The predicted octanol–water partition coefficient (Wildman–Crippen LogP) is 3.42. The number of carbonyl (C=O) groups is 1. The number of hydrogen-bond acceptors (Lipinski definition) is 5. The van der Waals surface area contributed by atoms with E-state index < -0.39 is 15.7 Å². The summed E-state index contributed by atoms with van der Waals surface area (Å²) in [6.07, 6.45) is 7.87. The van der Waals surface area contributed by atoms with Gasteiger partial charge in [-0.25, -0.2) is 4.79 Å². The Morgan fingerprint density at radius 1 is 1.08 bits per heavy atom. The molecule has 1 saturated heterocycles. The molecule has 146 valence electrons. The van der Waals surface area contributed by atoms with Crippen LogP contribution in [0.5, 0.6) is 0 Å². The van der Waals surface area contributed by atoms with Crippen LogP contribution in [0.1, 0.15) is 59.3 Å². The van der Waals surface area contributed by atoms with Crippen LogP contribution in [0, 0.1) is 17.8 Å². The number of rotatable bonds is 4. The van der Waals surface area contributed by atoms with Gasteiger partial charge in [0.15, 0.2) is 0 Å². The number of likely N-dealkylation sites (tertiary alicyclic amines) is 1. The lowest BCUT2D eigenvalue weighted by Gasteiger charge is -2.42. The van der Waals surface area contributed by atoms with E-state index >= 15 is 0 Å². The number of hydrogen-bond donors (Lipinski definition) is 0. The van der Waals surface area contributed by atoms with Gasteiger partial charge >= 0.3 is 6.09 Å². The summed E-state index contributed by atoms with van der Waals surface area (Å²) in [6.45, 7) is 6.91. The molecule has 2 unspecified atom stereocenters. The van der Waals surface area contributed by atoms with E-state index in [9.17, 15) is 13.2 Å². The zero-order valence-corrected chi connectivity index (χ0v) is 16.8. The molecule has 0 bridgehead atoms. The minimum absolute atomic E-state index is 0.0305. The van der Waals surface area contributed by atoms with Crippen molar-refractivity contribution >= 4 is 16.2 Å². The predicted molar refractivity (Wildman–Crippen MR) is 96.8 cm³/mol. The third-order valence-corrected chi connectivity index (χ3v) is 5.62. The standard InChI is InChI=1S/C18H33NO5S/c1-18(2,3)24-17(20)19-11-14(13-23-25(4,21)22)10-16(12-19)15-8-6-5-7-9-15/h14-16H,5-13H2,1-4H3. The topological polar surface area (TPSA) is 72.9 Å². The first-order valence-electron chi connectivity index (χ1n) is 9.36. The first kappa shape index (κ1) is 20.5. The zero-order chi connectivity index (χ0) is 18.7. The highest BCUT2D eigenvalue weighted by atomic mass is 32.2. The van der Waals surface area contributed by atoms with E-state index in [4.69, 9.17) is 8.92 Å². The van der Waals surface area contributed by atoms with Gasteiger partial charge in [0, 0.05) is 19.0 Å². The molecular formula is C18H33NO5S. The Morgan fingerprint density at radius 3 is 2.28 bits per heavy atom. The molecule has 0 spiro atoms. The molecule has 1 heterocycles. The molecule has 2 aliphatic rings. The molecule has 1 aliphatic heterocycles. The maximum Gasteiger partial charge on any atom is 0.410 e. The molecule has 2 atom stereocenters. The van der Waals surface area contributed by atoms with E-state index in [1.54, 1.807) is 4.90 Å². The summed E-state index contributed by atoms with van der Waals surface area (Å²) in [5.41, 5.74) is -0.534. The second kappa shape index (κ2) is 8.25. The van der Waals surface area contributed by atoms with Gasteiger partial charge in [-0.15, -0.1) is 0 Å². The average molecular weight is 376 g/mol. The number of nitrogens with zero attached hydrogens (tertiary/aromatic N) is 1. The molecule has 2 fully saturated rings. The Hall–Kier alpha value is -0.820. The van der Waals surface area contributed by atoms with Gasteiger partial charge in [0.2, 0.25) is 0 Å². The number of piperidine rings is 1. The molecule has 1 aliphatic carbocycles. The fourth-order valence-corrected chi connectivity index (χ4v) is 4.45. The van der Waals surface area contributed by atoms with Crippen molar-refractivity contribution in [2.24, 2.45) is 17.8 Å². The molecule has 1 amide bonds. The summed E-state index contributed by atoms with van der Waals surface area (Å²) in [7, 11) is -3.47. The van der Waals surface area contributed by atoms with E-state index in [1.807, 2.05) is 20.8 Å². The molecule has 7 heteroatoms. The van der Waals surface area contributed by atoms with Crippen LogP contribution in [0.25, 0.3) is 0 Å². The Morgan fingerprint density at radius 2 is 1.72 bits per heavy atom. The van der Waals surface area contributed by atoms with Crippen LogP contribution >= 0.6 is 0 Å². The first-order chi connectivity index (χ1) is 11.5. The lowest BCUT2D eigenvalue weighted by Crippen LogP contribution is -2.48. The van der Waals surface area contributed by atoms with Crippen LogP contribution in [0.3, 0.4) is 0 Å². The van der Waals surface area contributed by atoms with E-state index in [0.29, 0.717) is 24.9 Å². The van der Waals surface area contributed by atoms with Crippen molar-refractivity contribution in [2.75, 3.05) is 26.0 Å². The summed E-state index contributed by atoms with van der Waals surface area (Å²) in [5.74, 6) is 1.04. The van der Waals surface area contributed by atoms with Crippen LogP contribution < -0.4 is 0 Å². The van der Waals surface area contributed by atoms with Gasteiger partial charge in [0.25, 0.3) is 10.1 Å². The molecule has 0 aromatic heterocycles. The Balaban J connectivity index is 2.05. The Labute approximate surface area is 152 Å². The molecule has 0 aromatic rings. The molecule has 6 nitrogen and oxygen atoms in total. The summed E-state index contributed by atoms with van der Waals surface area (Å²) < 4.78 is 33.2. The van der Waals surface area contributed by atoms with E-state index in [0.717, 1.165) is 12.7 Å². The number of ether oxygens (including phenoxy) is 1. The van der Waals surface area contributed by atoms with Gasteiger partial charge in [-0.2, -0.15) is 8.42 Å². The lowest BCUT2D eigenvalue weighted by atomic mass is 9.74. The van der Waals surface area contributed by atoms with Crippen molar-refractivity contribution in [1.29, 1.82) is 0 Å². The quantitative estimate of drug-likeness (QED) is 0.704. The van der Waals surface area contributed by atoms with Gasteiger partial charge in [0.1, 0.15) is 5.60 Å². The summed E-state index contributed by atoms with van der Waals surface area (Å²) >= 11 is 0. The first-order valence-corrected chi connectivity index (χ1v) is 11.2. The van der Waals surface area contributed by atoms with Crippen molar-refractivity contribution in [3.63, 3.8) is 0 Å². The van der Waals surface area contributed by atoms with Crippen LogP contribution in [-0.2, 0) is 19.0 Å². The molecule has 0 radical (unpaired) electrons. The van der Waals surface area contributed by atoms with Crippen molar-refractivity contribution in [1.82, 2.24) is 4.90 Å². The molecule has 1 saturated carbocycles. The normalized spacial score (nSPS) is 26.5. The third kappa shape index (κ3) is 7.13. The van der Waals surface area contributed by atoms with E-state index in [-0.39, 0.29) is 18.6 Å². The van der Waals surface area contributed by atoms with Crippen LogP contribution in [0.4, 0.5) is 4.79 Å². The maximum atomic E-state index is 12.5. The van der Waals surface area contributed by atoms with Crippen molar-refractivity contribution in [3.05, 3.63) is 0 Å². The fourth-order valence-electron chi connectivity index (χ4n) is 4.01. The Bertz CT molecular complexity index is 548. The number of amides is 1. The molecule has 0 N–H and O–H groups in total. The third-order valence-electron chi connectivity index (χ3n) is 5.06. The Kier molecular flexibility index (Phi) is 6.76. The molecule has 0 aromatic carbocycles. The molecule has 25 heavy (non-hydrogen) atoms. The smallest absolute Gasteiger partial charge is 0.410 e. The van der Waals surface area contributed by atoms with Gasteiger partial charge < -0.3 is 9.64 Å². The maximum absolute atomic E-state index is 12.5. The summed E-state index contributed by atoms with van der Waals surface area (Å²) in [5, 5.41) is 0. The SMILES string of the molecule is CC(C)(C)OC(=O)N1CC(COS(C)(=O)=O)CC(C2CCCCC2)C1. The van der Waals surface area contributed by atoms with Gasteiger partial charge in [-0.3, -0.25) is 4.18 Å². The second-order valence-electron chi connectivity index (χ2n) is 8.63. The largest absolute Gasteiger partial charge is 0.444 e. The summed E-state index contributed by atoms with van der Waals surface area (Å²) in [4.78, 5) is 14.3. The zero-order valence-electron chi connectivity index (χ0n) is 16.0. The highest BCUT2D eigenvalue weighted by Crippen LogP contribution is 2.37. The minimum atomic E-state index is -3.47. The van der Waals surface area contributed by atoms with Gasteiger partial charge in [0.05, 0.1) is 12.9 Å². The fraction of sp³-hybridized carbons (Fsp3) is 0.944. The molecular weight excluding hydrogens is 342 g/mol. The second-order valence-corrected chi connectivity index (χ2v) is 10.3. The highest BCUT2D eigenvalue weighted by molar-refractivity contribution is 7.85. The van der Waals surface area contributed by atoms with E-state index in [2.05, 4.69) is 0 Å². The van der Waals surface area contributed by atoms with Crippen LogP contribution in [0.15, 0.2) is 0 Å². The molecule has 2 rings (SSSR count). The summed E-state index contributed by atoms with van der Waals surface area (Å²) in [6, 6.07) is 0. The average Bonchev–Trinajstić information content (AvgIpc) is 2.51. The van der Waals surface area contributed by atoms with Crippen molar-refractivity contribution in [3.8, 4) is 0 Å². The van der Waals surface area contributed by atoms with Crippen LogP contribution in [0.2, 0.25) is 0 Å². The van der Waals surface area contributed by atoms with Crippen molar-refractivity contribution < 1.29 is 22.1 Å². The lowest BCUT2D eigenvalue weighted by molar-refractivity contribution is -0.00163. The number of carbonyl (C=O) groups excluding carboxylic acids is 1. The van der Waals surface area contributed by atoms with Gasteiger partial charge in [-0.05, 0) is 39.0 Å². The van der Waals surface area contributed by atoms with Crippen LogP contribution in [-0.4, -0.2) is 51.0 Å². The van der Waals surface area contributed by atoms with Crippen molar-refractivity contribution in [2.45, 2.75) is 64.9 Å². The van der Waals surface area contributed by atoms with Gasteiger partial charge in [-0.1, -0.05) is 32.1 Å². The highest BCUT2D eigenvalue weighted by Gasteiger charge is 2.36.